The molecule has 0 fully saturated rings. The first-order valence-electron chi connectivity index (χ1n) is 33.4. The molecule has 452 valence electrons. The summed E-state index contributed by atoms with van der Waals surface area (Å²) in [7, 11) is 0. The summed E-state index contributed by atoms with van der Waals surface area (Å²) in [6.45, 7) is 6.40. The molecule has 0 bridgehead atoms. The monoisotopic (exact) mass is 1100 g/mol. The lowest BCUT2D eigenvalue weighted by molar-refractivity contribution is -0.167. The van der Waals surface area contributed by atoms with Crippen LogP contribution in [0.2, 0.25) is 0 Å². The van der Waals surface area contributed by atoms with Crippen molar-refractivity contribution < 1.29 is 28.6 Å². The molecular formula is C73H124O6. The number of unbranched alkanes of at least 4 members (excludes halogenated alkanes) is 31. The largest absolute Gasteiger partial charge is 0.462 e. The molecule has 0 aromatic heterocycles. The van der Waals surface area contributed by atoms with Crippen LogP contribution in [0.25, 0.3) is 0 Å². The molecule has 0 amide bonds. The van der Waals surface area contributed by atoms with Gasteiger partial charge in [-0.3, -0.25) is 14.4 Å². The van der Waals surface area contributed by atoms with Gasteiger partial charge < -0.3 is 14.2 Å². The van der Waals surface area contributed by atoms with Crippen LogP contribution >= 0.6 is 0 Å². The molecule has 0 rings (SSSR count). The van der Waals surface area contributed by atoms with Crippen LogP contribution in [-0.2, 0) is 28.6 Å². The molecule has 79 heavy (non-hydrogen) atoms. The second-order valence-electron chi connectivity index (χ2n) is 22.0. The van der Waals surface area contributed by atoms with Gasteiger partial charge in [-0.25, -0.2) is 0 Å². The summed E-state index contributed by atoms with van der Waals surface area (Å²) in [5.74, 6) is -0.945. The van der Waals surface area contributed by atoms with Crippen molar-refractivity contribution in [3.05, 3.63) is 109 Å². The van der Waals surface area contributed by atoms with Crippen molar-refractivity contribution in [1.29, 1.82) is 0 Å². The average Bonchev–Trinajstić information content (AvgIpc) is 3.45. The minimum absolute atomic E-state index is 0.0985. The quantitative estimate of drug-likeness (QED) is 0.0261. The third kappa shape index (κ3) is 64.8. The molecule has 0 spiro atoms. The Bertz CT molecular complexity index is 1590. The first-order valence-corrected chi connectivity index (χ1v) is 33.4. The summed E-state index contributed by atoms with van der Waals surface area (Å²) in [6, 6.07) is 0. The Hall–Kier alpha value is -3.93. The van der Waals surface area contributed by atoms with E-state index in [4.69, 9.17) is 14.2 Å². The zero-order chi connectivity index (χ0) is 57.1. The fourth-order valence-electron chi connectivity index (χ4n) is 9.35. The topological polar surface area (TPSA) is 78.9 Å². The molecule has 1 atom stereocenters. The van der Waals surface area contributed by atoms with Crippen molar-refractivity contribution in [2.24, 2.45) is 0 Å². The standard InChI is InChI=1S/C73H124O6/c1-4-7-10-13-16-19-22-25-28-31-33-34-35-36-37-38-40-42-45-48-51-54-57-60-63-66-72(75)78-69-70(68-77-71(74)65-62-59-56-53-50-47-44-41-30-27-24-21-18-15-12-9-6-3)79-73(76)67-64-61-58-55-52-49-46-43-39-32-29-26-23-20-17-14-11-8-5-2/h8-9,11-12,17-18,20-21,26-27,29-30,39,43-44,47,49,52,70H,4-7,10,13-16,19,22-25,28,31-38,40-42,45-46,48,50-51,53-69H2,1-3H3/b11-8-,12-9-,20-17-,21-18-,29-26-,30-27-,43-39-,47-44-,52-49-. The van der Waals surface area contributed by atoms with E-state index >= 15 is 0 Å². The minimum atomic E-state index is -0.808. The summed E-state index contributed by atoms with van der Waals surface area (Å²) in [4.78, 5) is 38.4. The molecule has 0 radical (unpaired) electrons. The van der Waals surface area contributed by atoms with Crippen molar-refractivity contribution in [3.63, 3.8) is 0 Å². The van der Waals surface area contributed by atoms with Crippen molar-refractivity contribution in [3.8, 4) is 0 Å². The second kappa shape index (κ2) is 66.6. The molecule has 6 heteroatoms. The highest BCUT2D eigenvalue weighted by Gasteiger charge is 2.19. The first kappa shape index (κ1) is 75.1. The minimum Gasteiger partial charge on any atom is -0.462 e. The van der Waals surface area contributed by atoms with Crippen molar-refractivity contribution >= 4 is 17.9 Å². The Balaban J connectivity index is 4.40. The van der Waals surface area contributed by atoms with Crippen molar-refractivity contribution in [2.45, 2.75) is 322 Å². The lowest BCUT2D eigenvalue weighted by atomic mass is 10.0. The number of carbonyl (C=O) groups is 3. The maximum absolute atomic E-state index is 12.9. The van der Waals surface area contributed by atoms with E-state index in [1.54, 1.807) is 0 Å². The van der Waals surface area contributed by atoms with Crippen LogP contribution in [0.3, 0.4) is 0 Å². The van der Waals surface area contributed by atoms with Gasteiger partial charge in [0.1, 0.15) is 13.2 Å². The van der Waals surface area contributed by atoms with Gasteiger partial charge in [-0.1, -0.05) is 304 Å². The Kier molecular flexibility index (Phi) is 63.3. The maximum atomic E-state index is 12.9. The van der Waals surface area contributed by atoms with Gasteiger partial charge in [0, 0.05) is 19.3 Å². The highest BCUT2D eigenvalue weighted by atomic mass is 16.6. The molecular weight excluding hydrogens is 973 g/mol. The molecule has 0 aliphatic carbocycles. The van der Waals surface area contributed by atoms with E-state index in [2.05, 4.69) is 130 Å². The van der Waals surface area contributed by atoms with Crippen LogP contribution in [0, 0.1) is 0 Å². The van der Waals surface area contributed by atoms with Gasteiger partial charge in [-0.05, 0) is 103 Å². The van der Waals surface area contributed by atoms with Crippen LogP contribution < -0.4 is 0 Å². The molecule has 0 aliphatic heterocycles. The first-order chi connectivity index (χ1) is 39.0. The van der Waals surface area contributed by atoms with Crippen LogP contribution in [-0.4, -0.2) is 37.2 Å². The molecule has 1 unspecified atom stereocenters. The molecule has 0 aromatic rings. The van der Waals surface area contributed by atoms with Gasteiger partial charge in [-0.15, -0.1) is 0 Å². The summed E-state index contributed by atoms with van der Waals surface area (Å²) in [5, 5.41) is 0. The molecule has 0 N–H and O–H groups in total. The second-order valence-corrected chi connectivity index (χ2v) is 22.0. The van der Waals surface area contributed by atoms with E-state index in [0.717, 1.165) is 135 Å². The Morgan fingerprint density at radius 3 is 0.785 bits per heavy atom. The molecule has 0 saturated heterocycles. The van der Waals surface area contributed by atoms with Gasteiger partial charge in [0.05, 0.1) is 0 Å². The normalized spacial score (nSPS) is 12.8. The summed E-state index contributed by atoms with van der Waals surface area (Å²) in [5.41, 5.74) is 0. The molecule has 0 heterocycles. The fraction of sp³-hybridized carbons (Fsp3) is 0.712. The number of ether oxygens (including phenoxy) is 3. The highest BCUT2D eigenvalue weighted by molar-refractivity contribution is 5.71. The van der Waals surface area contributed by atoms with E-state index in [9.17, 15) is 14.4 Å². The zero-order valence-electron chi connectivity index (χ0n) is 51.9. The van der Waals surface area contributed by atoms with Gasteiger partial charge >= 0.3 is 17.9 Å². The van der Waals surface area contributed by atoms with Gasteiger partial charge in [-0.2, -0.15) is 0 Å². The third-order valence-corrected chi connectivity index (χ3v) is 14.3. The number of allylic oxidation sites excluding steroid dienone is 18. The number of hydrogen-bond acceptors (Lipinski definition) is 6. The molecule has 6 nitrogen and oxygen atoms in total. The lowest BCUT2D eigenvalue weighted by Crippen LogP contribution is -2.30. The van der Waals surface area contributed by atoms with E-state index in [1.807, 2.05) is 0 Å². The molecule has 0 aliphatic rings. The van der Waals surface area contributed by atoms with Crippen LogP contribution in [0.15, 0.2) is 109 Å². The average molecular weight is 1100 g/mol. The van der Waals surface area contributed by atoms with Gasteiger partial charge in [0.15, 0.2) is 6.10 Å². The summed E-state index contributed by atoms with van der Waals surface area (Å²) in [6.07, 6.45) is 91.1. The third-order valence-electron chi connectivity index (χ3n) is 14.3. The number of hydrogen-bond donors (Lipinski definition) is 0. The Morgan fingerprint density at radius 2 is 0.494 bits per heavy atom. The smallest absolute Gasteiger partial charge is 0.306 e. The van der Waals surface area contributed by atoms with E-state index in [0.29, 0.717) is 12.8 Å². The SMILES string of the molecule is CC/C=C\C/C=C\C/C=C\C/C=C\C/C=C\CCCCCC(=O)OC(COC(=O)CCCCCC/C=C\C/C=C\C/C=C\C/C=C\CC)COC(=O)CCCCCCCCCCCCCCCCCCCCCCCCCCC. The van der Waals surface area contributed by atoms with Crippen molar-refractivity contribution in [2.75, 3.05) is 13.2 Å². The summed E-state index contributed by atoms with van der Waals surface area (Å²) >= 11 is 0. The van der Waals surface area contributed by atoms with E-state index in [1.165, 1.54) is 141 Å². The fourth-order valence-corrected chi connectivity index (χ4v) is 9.35. The molecule has 0 aromatic carbocycles. The zero-order valence-corrected chi connectivity index (χ0v) is 51.9. The maximum Gasteiger partial charge on any atom is 0.306 e. The summed E-state index contributed by atoms with van der Waals surface area (Å²) < 4.78 is 16.9. The molecule has 0 saturated carbocycles. The Morgan fingerprint density at radius 1 is 0.266 bits per heavy atom. The predicted molar refractivity (Wildman–Crippen MR) is 343 cm³/mol. The van der Waals surface area contributed by atoms with Crippen LogP contribution in [0.4, 0.5) is 0 Å². The van der Waals surface area contributed by atoms with Gasteiger partial charge in [0.25, 0.3) is 0 Å². The number of carbonyl (C=O) groups excluding carboxylic acids is 3. The van der Waals surface area contributed by atoms with E-state index < -0.39 is 6.10 Å². The number of rotatable bonds is 60. The van der Waals surface area contributed by atoms with Crippen LogP contribution in [0.5, 0.6) is 0 Å². The Labute approximate surface area is 489 Å². The van der Waals surface area contributed by atoms with Crippen LogP contribution in [0.1, 0.15) is 316 Å². The van der Waals surface area contributed by atoms with Crippen molar-refractivity contribution in [1.82, 2.24) is 0 Å². The van der Waals surface area contributed by atoms with Gasteiger partial charge in [0.2, 0.25) is 0 Å². The predicted octanol–water partition coefficient (Wildman–Crippen LogP) is 23.0. The number of esters is 3. The lowest BCUT2D eigenvalue weighted by Gasteiger charge is -2.18. The van der Waals surface area contributed by atoms with E-state index in [-0.39, 0.29) is 37.5 Å². The highest BCUT2D eigenvalue weighted by Crippen LogP contribution is 2.17.